The summed E-state index contributed by atoms with van der Waals surface area (Å²) in [6.07, 6.45) is 1.94. The number of methoxy groups -OCH3 is 2. The van der Waals surface area contributed by atoms with Crippen molar-refractivity contribution in [1.29, 1.82) is 0 Å². The van der Waals surface area contributed by atoms with Gasteiger partial charge in [-0.1, -0.05) is 0 Å². The molecule has 112 valence electrons. The molecule has 0 spiro atoms. The number of hydrogen-bond donors (Lipinski definition) is 1. The van der Waals surface area contributed by atoms with Crippen LogP contribution in [0.25, 0.3) is 0 Å². The van der Waals surface area contributed by atoms with Gasteiger partial charge in [0.05, 0.1) is 14.2 Å². The fraction of sp³-hybridized carbons (Fsp3) is 0.500. The Hall–Kier alpha value is -1.46. The number of rotatable bonds is 3. The molecule has 2 N–H and O–H groups in total. The van der Waals surface area contributed by atoms with Gasteiger partial charge in [0.1, 0.15) is 0 Å². The van der Waals surface area contributed by atoms with Crippen LogP contribution in [-0.2, 0) is 0 Å². The minimum Gasteiger partial charge on any atom is -0.493 e. The number of hydrogen-bond acceptors (Lipinski definition) is 4. The number of benzene rings is 1. The van der Waals surface area contributed by atoms with Gasteiger partial charge < -0.3 is 20.1 Å². The Morgan fingerprint density at radius 2 is 2.00 bits per heavy atom. The maximum atomic E-state index is 12.4. The van der Waals surface area contributed by atoms with E-state index < -0.39 is 0 Å². The standard InChI is InChI=1S/C14H20N2O3.ClH/c1-18-12-6-5-10(8-13(12)19-2)14(17)16-7-3-4-11(15)9-16;/h5-6,8,11H,3-4,7,9,15H2,1-2H3;1H. The van der Waals surface area contributed by atoms with E-state index in [1.807, 2.05) is 0 Å². The molecule has 2 rings (SSSR count). The molecule has 1 amide bonds. The molecule has 1 atom stereocenters. The van der Waals surface area contributed by atoms with E-state index in [1.165, 1.54) is 0 Å². The van der Waals surface area contributed by atoms with Crippen LogP contribution < -0.4 is 15.2 Å². The maximum absolute atomic E-state index is 12.4. The Bertz CT molecular complexity index is 468. The van der Waals surface area contributed by atoms with E-state index in [0.29, 0.717) is 23.6 Å². The molecule has 20 heavy (non-hydrogen) atoms. The summed E-state index contributed by atoms with van der Waals surface area (Å²) in [6.45, 7) is 1.38. The number of nitrogens with zero attached hydrogens (tertiary/aromatic N) is 1. The number of nitrogens with two attached hydrogens (primary N) is 1. The van der Waals surface area contributed by atoms with Crippen molar-refractivity contribution in [3.05, 3.63) is 23.8 Å². The highest BCUT2D eigenvalue weighted by Crippen LogP contribution is 2.28. The van der Waals surface area contributed by atoms with Crippen LogP contribution in [0.1, 0.15) is 23.2 Å². The van der Waals surface area contributed by atoms with Crippen LogP contribution in [0.15, 0.2) is 18.2 Å². The largest absolute Gasteiger partial charge is 0.493 e. The quantitative estimate of drug-likeness (QED) is 0.922. The molecule has 6 heteroatoms. The van der Waals surface area contributed by atoms with Crippen LogP contribution in [-0.4, -0.2) is 44.2 Å². The molecule has 1 fully saturated rings. The van der Waals surface area contributed by atoms with Gasteiger partial charge in [-0.05, 0) is 31.0 Å². The predicted molar refractivity (Wildman–Crippen MR) is 79.9 cm³/mol. The molecular formula is C14H21ClN2O3. The fourth-order valence-corrected chi connectivity index (χ4v) is 2.35. The van der Waals surface area contributed by atoms with Gasteiger partial charge in [0.25, 0.3) is 5.91 Å². The fourth-order valence-electron chi connectivity index (χ4n) is 2.35. The number of likely N-dealkylation sites (tertiary alicyclic amines) is 1. The van der Waals surface area contributed by atoms with Crippen LogP contribution in [0, 0.1) is 0 Å². The number of halogens is 1. The van der Waals surface area contributed by atoms with Gasteiger partial charge in [-0.3, -0.25) is 4.79 Å². The lowest BCUT2D eigenvalue weighted by Gasteiger charge is -2.30. The zero-order chi connectivity index (χ0) is 13.8. The number of piperidine rings is 1. The first kappa shape index (κ1) is 16.6. The topological polar surface area (TPSA) is 64.8 Å². The molecular weight excluding hydrogens is 280 g/mol. The maximum Gasteiger partial charge on any atom is 0.254 e. The summed E-state index contributed by atoms with van der Waals surface area (Å²) in [5.41, 5.74) is 6.51. The predicted octanol–water partition coefficient (Wildman–Crippen LogP) is 1.69. The van der Waals surface area contributed by atoms with E-state index in [1.54, 1.807) is 37.3 Å². The molecule has 5 nitrogen and oxygen atoms in total. The van der Waals surface area contributed by atoms with Gasteiger partial charge >= 0.3 is 0 Å². The Morgan fingerprint density at radius 3 is 2.60 bits per heavy atom. The van der Waals surface area contributed by atoms with Crippen LogP contribution >= 0.6 is 12.4 Å². The van der Waals surface area contributed by atoms with Crippen molar-refractivity contribution >= 4 is 18.3 Å². The zero-order valence-electron chi connectivity index (χ0n) is 11.8. The lowest BCUT2D eigenvalue weighted by molar-refractivity contribution is 0.0708. The molecule has 0 radical (unpaired) electrons. The van der Waals surface area contributed by atoms with Crippen molar-refractivity contribution in [2.75, 3.05) is 27.3 Å². The van der Waals surface area contributed by atoms with Crippen molar-refractivity contribution < 1.29 is 14.3 Å². The summed E-state index contributed by atoms with van der Waals surface area (Å²) in [6, 6.07) is 5.29. The smallest absolute Gasteiger partial charge is 0.254 e. The lowest BCUT2D eigenvalue weighted by Crippen LogP contribution is -2.45. The van der Waals surface area contributed by atoms with E-state index in [2.05, 4.69) is 0 Å². The first-order chi connectivity index (χ1) is 9.15. The first-order valence-corrected chi connectivity index (χ1v) is 6.42. The van der Waals surface area contributed by atoms with Crippen LogP contribution in [0.4, 0.5) is 0 Å². The highest BCUT2D eigenvalue weighted by Gasteiger charge is 2.23. The van der Waals surface area contributed by atoms with E-state index >= 15 is 0 Å². The Balaban J connectivity index is 0.00000200. The second-order valence-electron chi connectivity index (χ2n) is 4.72. The monoisotopic (exact) mass is 300 g/mol. The first-order valence-electron chi connectivity index (χ1n) is 6.42. The molecule has 1 unspecified atom stereocenters. The highest BCUT2D eigenvalue weighted by atomic mass is 35.5. The Labute approximate surface area is 125 Å². The van der Waals surface area contributed by atoms with Crippen molar-refractivity contribution in [3.8, 4) is 11.5 Å². The molecule has 1 aromatic carbocycles. The summed E-state index contributed by atoms with van der Waals surface area (Å²) in [7, 11) is 3.13. The van der Waals surface area contributed by atoms with E-state index in [-0.39, 0.29) is 24.4 Å². The minimum atomic E-state index is -0.00361. The number of amides is 1. The molecule has 1 heterocycles. The molecule has 0 saturated carbocycles. The summed E-state index contributed by atoms with van der Waals surface area (Å²) >= 11 is 0. The second-order valence-corrected chi connectivity index (χ2v) is 4.72. The van der Waals surface area contributed by atoms with Gasteiger partial charge in [-0.15, -0.1) is 12.4 Å². The second kappa shape index (κ2) is 7.36. The van der Waals surface area contributed by atoms with Crippen molar-refractivity contribution in [3.63, 3.8) is 0 Å². The molecule has 1 aliphatic heterocycles. The van der Waals surface area contributed by atoms with Crippen LogP contribution in [0.2, 0.25) is 0 Å². The average Bonchev–Trinajstić information content (AvgIpc) is 2.45. The van der Waals surface area contributed by atoms with Gasteiger partial charge in [0.15, 0.2) is 11.5 Å². The zero-order valence-corrected chi connectivity index (χ0v) is 12.6. The lowest BCUT2D eigenvalue weighted by atomic mass is 10.1. The van der Waals surface area contributed by atoms with Gasteiger partial charge in [0.2, 0.25) is 0 Å². The van der Waals surface area contributed by atoms with Crippen LogP contribution in [0.3, 0.4) is 0 Å². The van der Waals surface area contributed by atoms with Gasteiger partial charge in [-0.25, -0.2) is 0 Å². The SMILES string of the molecule is COc1ccc(C(=O)N2CCCC(N)C2)cc1OC.Cl. The van der Waals surface area contributed by atoms with Crippen molar-refractivity contribution in [1.82, 2.24) is 4.90 Å². The highest BCUT2D eigenvalue weighted by molar-refractivity contribution is 5.95. The molecule has 1 saturated heterocycles. The third-order valence-corrected chi connectivity index (χ3v) is 3.38. The molecule has 0 aromatic heterocycles. The number of carbonyl (C=O) groups is 1. The van der Waals surface area contributed by atoms with Crippen molar-refractivity contribution in [2.45, 2.75) is 18.9 Å². The van der Waals surface area contributed by atoms with Gasteiger partial charge in [0, 0.05) is 24.7 Å². The molecule has 0 aliphatic carbocycles. The summed E-state index contributed by atoms with van der Waals surface area (Å²) in [4.78, 5) is 14.2. The molecule has 1 aliphatic rings. The van der Waals surface area contributed by atoms with Crippen LogP contribution in [0.5, 0.6) is 11.5 Å². The summed E-state index contributed by atoms with van der Waals surface area (Å²) in [5.74, 6) is 1.18. The normalized spacial score (nSPS) is 18.1. The van der Waals surface area contributed by atoms with E-state index in [0.717, 1.165) is 19.4 Å². The number of carbonyl (C=O) groups excluding carboxylic acids is 1. The minimum absolute atomic E-state index is 0. The van der Waals surface area contributed by atoms with E-state index in [4.69, 9.17) is 15.2 Å². The molecule has 0 bridgehead atoms. The van der Waals surface area contributed by atoms with Crippen molar-refractivity contribution in [2.24, 2.45) is 5.73 Å². The Morgan fingerprint density at radius 1 is 1.30 bits per heavy atom. The number of ether oxygens (including phenoxy) is 2. The molecule has 1 aromatic rings. The summed E-state index contributed by atoms with van der Waals surface area (Å²) < 4.78 is 10.4. The summed E-state index contributed by atoms with van der Waals surface area (Å²) in [5, 5.41) is 0. The third kappa shape index (κ3) is 3.55. The van der Waals surface area contributed by atoms with Gasteiger partial charge in [-0.2, -0.15) is 0 Å². The Kier molecular flexibility index (Phi) is 6.10. The van der Waals surface area contributed by atoms with E-state index in [9.17, 15) is 4.79 Å². The third-order valence-electron chi connectivity index (χ3n) is 3.38. The average molecular weight is 301 g/mol.